The van der Waals surface area contributed by atoms with Gasteiger partial charge in [-0.15, -0.1) is 0 Å². The molecule has 0 aromatic heterocycles. The average molecular weight is 209 g/mol. The zero-order chi connectivity index (χ0) is 10.8. The summed E-state index contributed by atoms with van der Waals surface area (Å²) in [6.45, 7) is 0.784. The molecule has 1 nitrogen and oxygen atoms in total. The van der Waals surface area contributed by atoms with Crippen LogP contribution in [0.15, 0.2) is 0 Å². The highest BCUT2D eigenvalue weighted by Crippen LogP contribution is 2.39. The smallest absolute Gasteiger partial charge is 0.309 e. The lowest BCUT2D eigenvalue weighted by Gasteiger charge is -2.31. The Morgan fingerprint density at radius 3 is 2.36 bits per heavy atom. The summed E-state index contributed by atoms with van der Waals surface area (Å²) in [6.07, 6.45) is -1.66. The van der Waals surface area contributed by atoms with Gasteiger partial charge < -0.3 is 4.90 Å². The Kier molecular flexibility index (Phi) is 3.81. The first-order valence-electron chi connectivity index (χ1n) is 5.11. The molecule has 84 valence electrons. The maximum absolute atomic E-state index is 12.4. The van der Waals surface area contributed by atoms with Crippen molar-refractivity contribution in [1.29, 1.82) is 0 Å². The molecule has 1 fully saturated rings. The van der Waals surface area contributed by atoms with Crippen LogP contribution in [-0.4, -0.2) is 31.7 Å². The van der Waals surface area contributed by atoms with Crippen LogP contribution in [-0.2, 0) is 0 Å². The molecule has 1 aliphatic carbocycles. The van der Waals surface area contributed by atoms with Gasteiger partial charge in [-0.25, -0.2) is 0 Å². The molecule has 0 amide bonds. The van der Waals surface area contributed by atoms with Crippen molar-refractivity contribution in [2.24, 2.45) is 11.8 Å². The molecule has 0 saturated heterocycles. The fourth-order valence-electron chi connectivity index (χ4n) is 2.27. The minimum atomic E-state index is -3.98. The second-order valence-corrected chi connectivity index (χ2v) is 4.53. The van der Waals surface area contributed by atoms with Gasteiger partial charge in [0.15, 0.2) is 0 Å². The fraction of sp³-hybridized carbons (Fsp3) is 1.00. The first kappa shape index (κ1) is 11.8. The molecule has 0 aromatic rings. The van der Waals surface area contributed by atoms with Crippen molar-refractivity contribution in [3.63, 3.8) is 0 Å². The van der Waals surface area contributed by atoms with Gasteiger partial charge in [0.1, 0.15) is 0 Å². The number of hydrogen-bond acceptors (Lipinski definition) is 1. The third-order valence-electron chi connectivity index (χ3n) is 2.87. The van der Waals surface area contributed by atoms with Crippen molar-refractivity contribution < 1.29 is 13.2 Å². The molecule has 0 aliphatic heterocycles. The molecule has 0 radical (unpaired) electrons. The van der Waals surface area contributed by atoms with Crippen LogP contribution in [0.25, 0.3) is 0 Å². The Morgan fingerprint density at radius 1 is 1.21 bits per heavy atom. The zero-order valence-electron chi connectivity index (χ0n) is 8.77. The van der Waals surface area contributed by atoms with Crippen LogP contribution < -0.4 is 0 Å². The molecule has 4 heteroatoms. The molecular formula is C10H18F3N. The Bertz CT molecular complexity index is 177. The highest BCUT2D eigenvalue weighted by molar-refractivity contribution is 4.78. The summed E-state index contributed by atoms with van der Waals surface area (Å²) in [5, 5.41) is 0. The topological polar surface area (TPSA) is 3.24 Å². The van der Waals surface area contributed by atoms with Crippen LogP contribution in [0.1, 0.15) is 25.7 Å². The predicted molar refractivity (Wildman–Crippen MR) is 50.1 cm³/mol. The number of nitrogens with zero attached hydrogens (tertiary/aromatic N) is 1. The van der Waals surface area contributed by atoms with Gasteiger partial charge in [0, 0.05) is 6.54 Å². The number of alkyl halides is 3. The Labute approximate surface area is 83.3 Å². The maximum atomic E-state index is 12.4. The summed E-state index contributed by atoms with van der Waals surface area (Å²) < 4.78 is 37.3. The van der Waals surface area contributed by atoms with E-state index in [0.29, 0.717) is 12.8 Å². The normalized spacial score (nSPS) is 29.6. The van der Waals surface area contributed by atoms with Crippen LogP contribution in [0.4, 0.5) is 13.2 Å². The second kappa shape index (κ2) is 4.51. The van der Waals surface area contributed by atoms with Gasteiger partial charge in [0.25, 0.3) is 0 Å². The SMILES string of the molecule is CN(C)CC1CCCC(C(F)(F)F)C1. The van der Waals surface area contributed by atoms with Gasteiger partial charge in [0.2, 0.25) is 0 Å². The molecule has 0 N–H and O–H groups in total. The first-order chi connectivity index (χ1) is 6.39. The molecule has 2 unspecified atom stereocenters. The van der Waals surface area contributed by atoms with Crippen molar-refractivity contribution >= 4 is 0 Å². The van der Waals surface area contributed by atoms with Crippen molar-refractivity contribution in [2.75, 3.05) is 20.6 Å². The number of hydrogen-bond donors (Lipinski definition) is 0. The zero-order valence-corrected chi connectivity index (χ0v) is 8.77. The molecule has 0 bridgehead atoms. The van der Waals surface area contributed by atoms with Crippen LogP contribution in [0.5, 0.6) is 0 Å². The standard InChI is InChI=1S/C10H18F3N/c1-14(2)7-8-4-3-5-9(6-8)10(11,12)13/h8-9H,3-7H2,1-2H3. The number of rotatable bonds is 2. The van der Waals surface area contributed by atoms with Gasteiger partial charge in [-0.2, -0.15) is 13.2 Å². The summed E-state index contributed by atoms with van der Waals surface area (Å²) in [4.78, 5) is 1.98. The monoisotopic (exact) mass is 209 g/mol. The van der Waals surface area contributed by atoms with E-state index < -0.39 is 12.1 Å². The van der Waals surface area contributed by atoms with Crippen LogP contribution in [0, 0.1) is 11.8 Å². The van der Waals surface area contributed by atoms with E-state index in [4.69, 9.17) is 0 Å². The quantitative estimate of drug-likeness (QED) is 0.676. The minimum absolute atomic E-state index is 0.227. The molecule has 1 saturated carbocycles. The summed E-state index contributed by atoms with van der Waals surface area (Å²) in [6, 6.07) is 0. The van der Waals surface area contributed by atoms with E-state index in [-0.39, 0.29) is 5.92 Å². The van der Waals surface area contributed by atoms with E-state index in [1.165, 1.54) is 0 Å². The van der Waals surface area contributed by atoms with E-state index in [1.54, 1.807) is 0 Å². The van der Waals surface area contributed by atoms with Crippen molar-refractivity contribution in [3.05, 3.63) is 0 Å². The maximum Gasteiger partial charge on any atom is 0.391 e. The summed E-state index contributed by atoms with van der Waals surface area (Å²) in [7, 11) is 3.83. The summed E-state index contributed by atoms with van der Waals surface area (Å²) >= 11 is 0. The Balaban J connectivity index is 2.44. The van der Waals surface area contributed by atoms with E-state index in [2.05, 4.69) is 0 Å². The van der Waals surface area contributed by atoms with Gasteiger partial charge in [-0.3, -0.25) is 0 Å². The number of halogens is 3. The fourth-order valence-corrected chi connectivity index (χ4v) is 2.27. The predicted octanol–water partition coefficient (Wildman–Crippen LogP) is 2.92. The highest BCUT2D eigenvalue weighted by Gasteiger charge is 2.41. The molecule has 0 spiro atoms. The highest BCUT2D eigenvalue weighted by atomic mass is 19.4. The van der Waals surface area contributed by atoms with Crippen molar-refractivity contribution in [3.8, 4) is 0 Å². The van der Waals surface area contributed by atoms with Gasteiger partial charge in [0.05, 0.1) is 5.92 Å². The van der Waals surface area contributed by atoms with Crippen LogP contribution in [0.3, 0.4) is 0 Å². The average Bonchev–Trinajstić information content (AvgIpc) is 2.01. The van der Waals surface area contributed by atoms with Crippen molar-refractivity contribution in [2.45, 2.75) is 31.9 Å². The van der Waals surface area contributed by atoms with Gasteiger partial charge in [-0.05, 0) is 39.3 Å². The molecule has 2 atom stereocenters. The van der Waals surface area contributed by atoms with Gasteiger partial charge in [-0.1, -0.05) is 6.42 Å². The third-order valence-corrected chi connectivity index (χ3v) is 2.87. The van der Waals surface area contributed by atoms with Crippen molar-refractivity contribution in [1.82, 2.24) is 4.90 Å². The molecule has 14 heavy (non-hydrogen) atoms. The molecule has 1 rings (SSSR count). The van der Waals surface area contributed by atoms with E-state index in [9.17, 15) is 13.2 Å². The molecule has 0 aromatic carbocycles. The third kappa shape index (κ3) is 3.48. The van der Waals surface area contributed by atoms with Crippen LogP contribution >= 0.6 is 0 Å². The summed E-state index contributed by atoms with van der Waals surface area (Å²) in [5.74, 6) is -0.827. The van der Waals surface area contributed by atoms with Gasteiger partial charge >= 0.3 is 6.18 Å². The lowest BCUT2D eigenvalue weighted by atomic mass is 9.81. The molecular weight excluding hydrogens is 191 g/mol. The lowest BCUT2D eigenvalue weighted by Crippen LogP contribution is -2.32. The minimum Gasteiger partial charge on any atom is -0.309 e. The second-order valence-electron chi connectivity index (χ2n) is 4.53. The first-order valence-corrected chi connectivity index (χ1v) is 5.11. The Hall–Kier alpha value is -0.250. The summed E-state index contributed by atoms with van der Waals surface area (Å²) in [5.41, 5.74) is 0. The van der Waals surface area contributed by atoms with E-state index in [0.717, 1.165) is 19.4 Å². The lowest BCUT2D eigenvalue weighted by molar-refractivity contribution is -0.186. The van der Waals surface area contributed by atoms with Crippen LogP contribution in [0.2, 0.25) is 0 Å². The molecule has 0 heterocycles. The molecule has 1 aliphatic rings. The Morgan fingerprint density at radius 2 is 1.86 bits per heavy atom. The van der Waals surface area contributed by atoms with E-state index in [1.807, 2.05) is 19.0 Å². The largest absolute Gasteiger partial charge is 0.391 e. The van der Waals surface area contributed by atoms with E-state index >= 15 is 0 Å².